The molecule has 0 heterocycles. The molecule has 3 rings (SSSR count). The van der Waals surface area contributed by atoms with Crippen molar-refractivity contribution >= 4 is 17.8 Å². The largest absolute Gasteiger partial charge is 0.497 e. The third-order valence-corrected chi connectivity index (χ3v) is 3.88. The Kier molecular flexibility index (Phi) is 5.80. The molecule has 0 spiro atoms. The summed E-state index contributed by atoms with van der Waals surface area (Å²) >= 11 is 0. The first kappa shape index (κ1) is 18.1. The average Bonchev–Trinajstić information content (AvgIpc) is 2.73. The molecule has 3 aromatic carbocycles. The average molecular weight is 358 g/mol. The Bertz CT molecular complexity index is 957. The molecule has 134 valence electrons. The fourth-order valence-corrected chi connectivity index (χ4v) is 2.43. The minimum atomic E-state index is -0.462. The molecule has 0 saturated carbocycles. The number of rotatable bonds is 6. The Morgan fingerprint density at radius 3 is 2.19 bits per heavy atom. The minimum Gasteiger partial charge on any atom is -0.497 e. The van der Waals surface area contributed by atoms with Gasteiger partial charge >= 0.3 is 5.97 Å². The Labute approximate surface area is 157 Å². The molecule has 3 aromatic rings. The minimum absolute atomic E-state index is 0.0656. The van der Waals surface area contributed by atoms with Crippen molar-refractivity contribution in [3.8, 4) is 11.5 Å². The number of benzene rings is 3. The van der Waals surface area contributed by atoms with Crippen LogP contribution in [0.15, 0.2) is 84.9 Å². The monoisotopic (exact) mass is 358 g/mol. The summed E-state index contributed by atoms with van der Waals surface area (Å²) in [5, 5.41) is 0. The zero-order valence-electron chi connectivity index (χ0n) is 14.8. The van der Waals surface area contributed by atoms with E-state index in [1.54, 1.807) is 73.8 Å². The van der Waals surface area contributed by atoms with Crippen molar-refractivity contribution in [2.75, 3.05) is 7.11 Å². The normalized spacial score (nSPS) is 10.6. The van der Waals surface area contributed by atoms with E-state index in [0.717, 1.165) is 5.56 Å². The lowest BCUT2D eigenvalue weighted by Crippen LogP contribution is -2.08. The summed E-state index contributed by atoms with van der Waals surface area (Å²) in [6, 6.07) is 22.8. The van der Waals surface area contributed by atoms with Crippen LogP contribution in [0.25, 0.3) is 6.08 Å². The van der Waals surface area contributed by atoms with Gasteiger partial charge in [0, 0.05) is 5.56 Å². The fourth-order valence-electron chi connectivity index (χ4n) is 2.43. The van der Waals surface area contributed by atoms with E-state index >= 15 is 0 Å². The van der Waals surface area contributed by atoms with Gasteiger partial charge in [-0.05, 0) is 42.0 Å². The van der Waals surface area contributed by atoms with Gasteiger partial charge in [-0.3, -0.25) is 4.79 Å². The van der Waals surface area contributed by atoms with Gasteiger partial charge in [0.15, 0.2) is 5.78 Å². The quantitative estimate of drug-likeness (QED) is 0.275. The lowest BCUT2D eigenvalue weighted by atomic mass is 10.1. The maximum Gasteiger partial charge on any atom is 0.343 e. The molecule has 0 aliphatic heterocycles. The molecule has 4 nitrogen and oxygen atoms in total. The van der Waals surface area contributed by atoms with Gasteiger partial charge in [-0.2, -0.15) is 0 Å². The Hall–Kier alpha value is -3.66. The van der Waals surface area contributed by atoms with Crippen molar-refractivity contribution < 1.29 is 19.1 Å². The van der Waals surface area contributed by atoms with E-state index in [2.05, 4.69) is 0 Å². The van der Waals surface area contributed by atoms with Gasteiger partial charge in [0.1, 0.15) is 11.5 Å². The molecule has 0 bridgehead atoms. The summed E-state index contributed by atoms with van der Waals surface area (Å²) in [6.45, 7) is 0. The maximum absolute atomic E-state index is 12.2. The zero-order chi connectivity index (χ0) is 19.1. The van der Waals surface area contributed by atoms with E-state index in [1.807, 2.05) is 18.2 Å². The van der Waals surface area contributed by atoms with Crippen LogP contribution in [0.3, 0.4) is 0 Å². The highest BCUT2D eigenvalue weighted by molar-refractivity contribution is 6.06. The molecule has 0 aliphatic carbocycles. The van der Waals surface area contributed by atoms with Gasteiger partial charge in [0.05, 0.1) is 12.7 Å². The second kappa shape index (κ2) is 8.63. The molecular weight excluding hydrogens is 340 g/mol. The van der Waals surface area contributed by atoms with Crippen LogP contribution in [0.4, 0.5) is 0 Å². The first-order valence-corrected chi connectivity index (χ1v) is 8.39. The van der Waals surface area contributed by atoms with Crippen LogP contribution in [0.1, 0.15) is 26.3 Å². The molecule has 0 unspecified atom stereocenters. The maximum atomic E-state index is 12.2. The highest BCUT2D eigenvalue weighted by Crippen LogP contribution is 2.18. The van der Waals surface area contributed by atoms with Gasteiger partial charge < -0.3 is 9.47 Å². The number of esters is 1. The molecule has 0 fully saturated rings. The number of hydrogen-bond acceptors (Lipinski definition) is 4. The lowest BCUT2D eigenvalue weighted by Gasteiger charge is -2.06. The smallest absolute Gasteiger partial charge is 0.343 e. The van der Waals surface area contributed by atoms with Gasteiger partial charge in [-0.25, -0.2) is 4.79 Å². The molecule has 0 amide bonds. The molecule has 0 N–H and O–H groups in total. The van der Waals surface area contributed by atoms with E-state index in [1.165, 1.54) is 6.08 Å². The third-order valence-electron chi connectivity index (χ3n) is 3.88. The van der Waals surface area contributed by atoms with Gasteiger partial charge in [0.25, 0.3) is 0 Å². The molecule has 0 atom stereocenters. The van der Waals surface area contributed by atoms with E-state index in [0.29, 0.717) is 22.6 Å². The van der Waals surface area contributed by atoms with Crippen LogP contribution in [0.2, 0.25) is 0 Å². The first-order valence-electron chi connectivity index (χ1n) is 8.39. The molecule has 0 saturated heterocycles. The fraction of sp³-hybridized carbons (Fsp3) is 0.0435. The first-order chi connectivity index (χ1) is 13.2. The lowest BCUT2D eigenvalue weighted by molar-refractivity contribution is 0.0734. The van der Waals surface area contributed by atoms with Crippen molar-refractivity contribution in [2.45, 2.75) is 0 Å². The van der Waals surface area contributed by atoms with Crippen molar-refractivity contribution in [2.24, 2.45) is 0 Å². The van der Waals surface area contributed by atoms with Crippen LogP contribution in [0, 0.1) is 0 Å². The summed E-state index contributed by atoms with van der Waals surface area (Å²) in [4.78, 5) is 24.3. The van der Waals surface area contributed by atoms with Crippen LogP contribution in [-0.4, -0.2) is 18.9 Å². The summed E-state index contributed by atoms with van der Waals surface area (Å²) < 4.78 is 10.5. The highest BCUT2D eigenvalue weighted by atomic mass is 16.5. The summed E-state index contributed by atoms with van der Waals surface area (Å²) in [6.07, 6.45) is 3.25. The van der Waals surface area contributed by atoms with E-state index < -0.39 is 5.97 Å². The molecule has 0 radical (unpaired) electrons. The standard InChI is InChI=1S/C23H18O4/c1-26-21-9-5-8-19(16-21)23(25)27-20-13-10-17(11-14-20)12-15-22(24)18-6-3-2-4-7-18/h2-16H,1H3. The van der Waals surface area contributed by atoms with Crippen LogP contribution in [0.5, 0.6) is 11.5 Å². The second-order valence-electron chi connectivity index (χ2n) is 5.75. The SMILES string of the molecule is COc1cccc(C(=O)Oc2ccc(C=CC(=O)c3ccccc3)cc2)c1. The predicted octanol–water partition coefficient (Wildman–Crippen LogP) is 4.81. The molecular formula is C23H18O4. The number of carbonyl (C=O) groups excluding carboxylic acids is 2. The number of ketones is 1. The summed E-state index contributed by atoms with van der Waals surface area (Å²) in [5.74, 6) is 0.489. The summed E-state index contributed by atoms with van der Waals surface area (Å²) in [5.41, 5.74) is 1.88. The molecule has 0 aromatic heterocycles. The summed E-state index contributed by atoms with van der Waals surface area (Å²) in [7, 11) is 1.54. The van der Waals surface area contributed by atoms with E-state index in [4.69, 9.17) is 9.47 Å². The zero-order valence-corrected chi connectivity index (χ0v) is 14.8. The van der Waals surface area contributed by atoms with Crippen LogP contribution < -0.4 is 9.47 Å². The van der Waals surface area contributed by atoms with Gasteiger partial charge in [-0.1, -0.05) is 54.6 Å². The third kappa shape index (κ3) is 4.92. The van der Waals surface area contributed by atoms with Crippen LogP contribution >= 0.6 is 0 Å². The van der Waals surface area contributed by atoms with Crippen molar-refractivity contribution in [3.05, 3.63) is 102 Å². The van der Waals surface area contributed by atoms with Crippen LogP contribution in [-0.2, 0) is 0 Å². The molecule has 4 heteroatoms. The van der Waals surface area contributed by atoms with E-state index in [9.17, 15) is 9.59 Å². The Morgan fingerprint density at radius 1 is 0.778 bits per heavy atom. The molecule has 0 aliphatic rings. The topological polar surface area (TPSA) is 52.6 Å². The molecule has 27 heavy (non-hydrogen) atoms. The number of hydrogen-bond donors (Lipinski definition) is 0. The predicted molar refractivity (Wildman–Crippen MR) is 104 cm³/mol. The Balaban J connectivity index is 1.64. The van der Waals surface area contributed by atoms with Gasteiger partial charge in [0.2, 0.25) is 0 Å². The van der Waals surface area contributed by atoms with Crippen molar-refractivity contribution in [3.63, 3.8) is 0 Å². The van der Waals surface area contributed by atoms with E-state index in [-0.39, 0.29) is 5.78 Å². The number of carbonyl (C=O) groups is 2. The van der Waals surface area contributed by atoms with Crippen molar-refractivity contribution in [1.82, 2.24) is 0 Å². The number of allylic oxidation sites excluding steroid dienone is 1. The Morgan fingerprint density at radius 2 is 1.48 bits per heavy atom. The highest BCUT2D eigenvalue weighted by Gasteiger charge is 2.09. The second-order valence-corrected chi connectivity index (χ2v) is 5.75. The number of methoxy groups -OCH3 is 1. The van der Waals surface area contributed by atoms with Crippen molar-refractivity contribution in [1.29, 1.82) is 0 Å². The number of ether oxygens (including phenoxy) is 2. The van der Waals surface area contributed by atoms with Gasteiger partial charge in [-0.15, -0.1) is 0 Å².